The Morgan fingerprint density at radius 1 is 1.30 bits per heavy atom. The van der Waals surface area contributed by atoms with E-state index in [1.807, 2.05) is 18.2 Å². The number of benzene rings is 1. The van der Waals surface area contributed by atoms with Crippen LogP contribution in [-0.4, -0.2) is 21.5 Å². The van der Waals surface area contributed by atoms with E-state index in [2.05, 4.69) is 25.9 Å². The maximum Gasteiger partial charge on any atom is 0.127 e. The van der Waals surface area contributed by atoms with Crippen molar-refractivity contribution in [3.05, 3.63) is 40.5 Å². The largest absolute Gasteiger partial charge is 0.396 e. The van der Waals surface area contributed by atoms with E-state index < -0.39 is 0 Å². The third-order valence-corrected chi connectivity index (χ3v) is 3.53. The normalized spacial score (nSPS) is 11.8. The Hall–Kier alpha value is -1.52. The number of hydrogen-bond acceptors (Lipinski definition) is 3. The van der Waals surface area contributed by atoms with E-state index in [4.69, 9.17) is 22.4 Å². The second-order valence-corrected chi connectivity index (χ2v) is 6.27. The fraction of sp³-hybridized carbons (Fsp3) is 0.400. The first kappa shape index (κ1) is 14.9. The third kappa shape index (κ3) is 2.97. The first-order valence-electron chi connectivity index (χ1n) is 6.58. The Kier molecular flexibility index (Phi) is 4.06. The SMILES string of the molecule is CC(C)(C)c1cc(N)n(-c2ccc(Cl)c(CCO)c2)n1. The van der Waals surface area contributed by atoms with Gasteiger partial charge in [0.1, 0.15) is 5.82 Å². The van der Waals surface area contributed by atoms with Crippen LogP contribution in [0.3, 0.4) is 0 Å². The van der Waals surface area contributed by atoms with Crippen LogP contribution in [0.1, 0.15) is 32.0 Å². The van der Waals surface area contributed by atoms with E-state index >= 15 is 0 Å². The predicted molar refractivity (Wildman–Crippen MR) is 82.5 cm³/mol. The van der Waals surface area contributed by atoms with E-state index in [1.165, 1.54) is 0 Å². The summed E-state index contributed by atoms with van der Waals surface area (Å²) in [4.78, 5) is 0. The van der Waals surface area contributed by atoms with Crippen LogP contribution in [0.2, 0.25) is 5.02 Å². The van der Waals surface area contributed by atoms with Crippen LogP contribution >= 0.6 is 11.6 Å². The number of anilines is 1. The van der Waals surface area contributed by atoms with Gasteiger partial charge in [-0.15, -0.1) is 0 Å². The minimum Gasteiger partial charge on any atom is -0.396 e. The highest BCUT2D eigenvalue weighted by Crippen LogP contribution is 2.26. The zero-order chi connectivity index (χ0) is 14.9. The summed E-state index contributed by atoms with van der Waals surface area (Å²) in [5, 5.41) is 14.3. The van der Waals surface area contributed by atoms with Gasteiger partial charge < -0.3 is 10.8 Å². The standard InChI is InChI=1S/C15H20ClN3O/c1-15(2,3)13-9-14(17)19(18-13)11-4-5-12(16)10(8-11)6-7-20/h4-5,8-9,20H,6-7,17H2,1-3H3. The Labute approximate surface area is 124 Å². The molecule has 0 unspecified atom stereocenters. The fourth-order valence-electron chi connectivity index (χ4n) is 1.97. The van der Waals surface area contributed by atoms with E-state index in [-0.39, 0.29) is 12.0 Å². The van der Waals surface area contributed by atoms with Crippen LogP contribution in [0.5, 0.6) is 0 Å². The van der Waals surface area contributed by atoms with Crippen molar-refractivity contribution in [2.75, 3.05) is 12.3 Å². The summed E-state index contributed by atoms with van der Waals surface area (Å²) in [6.45, 7) is 6.35. The summed E-state index contributed by atoms with van der Waals surface area (Å²) >= 11 is 6.11. The summed E-state index contributed by atoms with van der Waals surface area (Å²) in [7, 11) is 0. The number of rotatable bonds is 3. The van der Waals surface area contributed by atoms with Gasteiger partial charge in [-0.1, -0.05) is 32.4 Å². The number of aromatic nitrogens is 2. The van der Waals surface area contributed by atoms with Crippen molar-refractivity contribution >= 4 is 17.4 Å². The lowest BCUT2D eigenvalue weighted by atomic mass is 9.92. The highest BCUT2D eigenvalue weighted by Gasteiger charge is 2.19. The lowest BCUT2D eigenvalue weighted by Crippen LogP contribution is -2.12. The molecule has 108 valence electrons. The number of aliphatic hydroxyl groups is 1. The molecule has 0 aliphatic heterocycles. The van der Waals surface area contributed by atoms with Gasteiger partial charge in [-0.05, 0) is 30.2 Å². The van der Waals surface area contributed by atoms with Crippen molar-refractivity contribution in [1.29, 1.82) is 0 Å². The molecule has 5 heteroatoms. The minimum atomic E-state index is -0.0558. The molecule has 2 rings (SSSR count). The Morgan fingerprint density at radius 2 is 2.00 bits per heavy atom. The van der Waals surface area contributed by atoms with Crippen molar-refractivity contribution in [2.24, 2.45) is 0 Å². The quantitative estimate of drug-likeness (QED) is 0.914. The van der Waals surface area contributed by atoms with Crippen LogP contribution in [0, 0.1) is 0 Å². The molecule has 1 aromatic carbocycles. The van der Waals surface area contributed by atoms with E-state index in [0.717, 1.165) is 16.9 Å². The van der Waals surface area contributed by atoms with Gasteiger partial charge in [0, 0.05) is 23.1 Å². The fourth-order valence-corrected chi connectivity index (χ4v) is 2.19. The molecule has 0 fully saturated rings. The van der Waals surface area contributed by atoms with E-state index in [0.29, 0.717) is 17.3 Å². The van der Waals surface area contributed by atoms with Crippen molar-refractivity contribution in [1.82, 2.24) is 9.78 Å². The predicted octanol–water partition coefficient (Wildman–Crippen LogP) is 2.94. The van der Waals surface area contributed by atoms with Crippen molar-refractivity contribution in [2.45, 2.75) is 32.6 Å². The number of hydrogen-bond donors (Lipinski definition) is 2. The summed E-state index contributed by atoms with van der Waals surface area (Å²) in [6.07, 6.45) is 0.514. The van der Waals surface area contributed by atoms with Crippen molar-refractivity contribution in [3.63, 3.8) is 0 Å². The molecule has 1 aromatic heterocycles. The average Bonchev–Trinajstić information content (AvgIpc) is 2.74. The van der Waals surface area contributed by atoms with Crippen LogP contribution in [0.25, 0.3) is 5.69 Å². The molecule has 1 heterocycles. The molecule has 3 N–H and O–H groups in total. The van der Waals surface area contributed by atoms with Gasteiger partial charge in [-0.3, -0.25) is 0 Å². The molecule has 0 saturated heterocycles. The topological polar surface area (TPSA) is 64.1 Å². The summed E-state index contributed by atoms with van der Waals surface area (Å²) in [5.41, 5.74) is 8.67. The molecule has 0 aliphatic carbocycles. The lowest BCUT2D eigenvalue weighted by Gasteiger charge is -2.14. The van der Waals surface area contributed by atoms with Gasteiger partial charge in [-0.25, -0.2) is 4.68 Å². The van der Waals surface area contributed by atoms with Gasteiger partial charge in [0.2, 0.25) is 0 Å². The molecular formula is C15H20ClN3O. The van der Waals surface area contributed by atoms with Crippen molar-refractivity contribution < 1.29 is 5.11 Å². The molecule has 4 nitrogen and oxygen atoms in total. The smallest absolute Gasteiger partial charge is 0.127 e. The first-order valence-corrected chi connectivity index (χ1v) is 6.96. The first-order chi connectivity index (χ1) is 9.32. The van der Waals surface area contributed by atoms with Gasteiger partial charge >= 0.3 is 0 Å². The molecule has 0 saturated carbocycles. The minimum absolute atomic E-state index is 0.0558. The Balaban J connectivity index is 2.46. The molecule has 0 aliphatic rings. The monoisotopic (exact) mass is 293 g/mol. The Morgan fingerprint density at radius 3 is 2.55 bits per heavy atom. The van der Waals surface area contributed by atoms with Crippen LogP contribution in [0.4, 0.5) is 5.82 Å². The van der Waals surface area contributed by atoms with Gasteiger partial charge in [0.15, 0.2) is 0 Å². The number of halogens is 1. The second kappa shape index (κ2) is 5.46. The summed E-state index contributed by atoms with van der Waals surface area (Å²) in [6, 6.07) is 7.48. The third-order valence-electron chi connectivity index (χ3n) is 3.16. The Bertz CT molecular complexity index is 614. The van der Waals surface area contributed by atoms with Gasteiger partial charge in [-0.2, -0.15) is 5.10 Å². The number of nitrogens with two attached hydrogens (primary N) is 1. The molecule has 2 aromatic rings. The molecule has 0 bridgehead atoms. The zero-order valence-corrected chi connectivity index (χ0v) is 12.8. The molecule has 20 heavy (non-hydrogen) atoms. The van der Waals surface area contributed by atoms with Crippen LogP contribution in [0.15, 0.2) is 24.3 Å². The summed E-state index contributed by atoms with van der Waals surface area (Å²) < 4.78 is 1.71. The average molecular weight is 294 g/mol. The van der Waals surface area contributed by atoms with Crippen molar-refractivity contribution in [3.8, 4) is 5.69 Å². The lowest BCUT2D eigenvalue weighted by molar-refractivity contribution is 0.299. The highest BCUT2D eigenvalue weighted by molar-refractivity contribution is 6.31. The maximum absolute atomic E-state index is 9.07. The second-order valence-electron chi connectivity index (χ2n) is 5.87. The number of nitrogen functional groups attached to an aromatic ring is 1. The van der Waals surface area contributed by atoms with E-state index in [9.17, 15) is 0 Å². The molecule has 0 radical (unpaired) electrons. The molecule has 0 atom stereocenters. The van der Waals surface area contributed by atoms with Crippen LogP contribution < -0.4 is 5.73 Å². The van der Waals surface area contributed by atoms with Gasteiger partial charge in [0.05, 0.1) is 11.4 Å². The highest BCUT2D eigenvalue weighted by atomic mass is 35.5. The molecular weight excluding hydrogens is 274 g/mol. The molecule has 0 amide bonds. The van der Waals surface area contributed by atoms with E-state index in [1.54, 1.807) is 10.7 Å². The molecule has 0 spiro atoms. The maximum atomic E-state index is 9.07. The van der Waals surface area contributed by atoms with Gasteiger partial charge in [0.25, 0.3) is 0 Å². The number of nitrogens with zero attached hydrogens (tertiary/aromatic N) is 2. The number of aliphatic hydroxyl groups excluding tert-OH is 1. The summed E-state index contributed by atoms with van der Waals surface area (Å²) in [5.74, 6) is 0.590. The van der Waals surface area contributed by atoms with Crippen LogP contribution in [-0.2, 0) is 11.8 Å². The zero-order valence-electron chi connectivity index (χ0n) is 12.0.